The number of nitriles is 1. The van der Waals surface area contributed by atoms with Crippen molar-refractivity contribution in [1.29, 1.82) is 5.26 Å². The normalized spacial score (nSPS) is 24.0. The van der Waals surface area contributed by atoms with E-state index in [1.54, 1.807) is 6.07 Å². The summed E-state index contributed by atoms with van der Waals surface area (Å²) < 4.78 is 11.9. The Bertz CT molecular complexity index is 1120. The zero-order valence-corrected chi connectivity index (χ0v) is 18.1. The summed E-state index contributed by atoms with van der Waals surface area (Å²) in [4.78, 5) is 14.8. The highest BCUT2D eigenvalue weighted by atomic mass is 16.6. The first-order chi connectivity index (χ1) is 14.9. The second-order valence-electron chi connectivity index (χ2n) is 9.55. The molecule has 3 aliphatic heterocycles. The fourth-order valence-electron chi connectivity index (χ4n) is 5.16. The summed E-state index contributed by atoms with van der Waals surface area (Å²) in [6.07, 6.45) is 3.41. The van der Waals surface area contributed by atoms with Crippen LogP contribution in [0.2, 0.25) is 0 Å². The molecule has 2 fully saturated rings. The van der Waals surface area contributed by atoms with Gasteiger partial charge in [0, 0.05) is 23.2 Å². The van der Waals surface area contributed by atoms with Crippen LogP contribution in [0.15, 0.2) is 48.0 Å². The number of ether oxygens (including phenoxy) is 2. The highest BCUT2D eigenvalue weighted by Gasteiger charge is 2.44. The van der Waals surface area contributed by atoms with Crippen molar-refractivity contribution in [3.63, 3.8) is 0 Å². The van der Waals surface area contributed by atoms with E-state index in [2.05, 4.69) is 12.1 Å². The van der Waals surface area contributed by atoms with E-state index in [1.807, 2.05) is 56.0 Å². The summed E-state index contributed by atoms with van der Waals surface area (Å²) in [5, 5.41) is 9.62. The van der Waals surface area contributed by atoms with Crippen molar-refractivity contribution in [2.45, 2.75) is 64.1 Å². The lowest BCUT2D eigenvalue weighted by Crippen LogP contribution is -2.47. The Morgan fingerprint density at radius 1 is 1.06 bits per heavy atom. The third-order valence-electron chi connectivity index (χ3n) is 6.32. The van der Waals surface area contributed by atoms with Crippen LogP contribution >= 0.6 is 0 Å². The van der Waals surface area contributed by atoms with Crippen LogP contribution in [0.5, 0.6) is 11.5 Å². The summed E-state index contributed by atoms with van der Waals surface area (Å²) >= 11 is 0. The molecule has 5 rings (SSSR count). The number of rotatable bonds is 0. The lowest BCUT2D eigenvalue weighted by Gasteiger charge is -2.38. The third-order valence-corrected chi connectivity index (χ3v) is 6.32. The highest BCUT2D eigenvalue weighted by molar-refractivity contribution is 5.91. The van der Waals surface area contributed by atoms with Crippen LogP contribution in [0, 0.1) is 11.3 Å². The minimum absolute atomic E-state index is 0.147. The maximum absolute atomic E-state index is 12.9. The van der Waals surface area contributed by atoms with E-state index >= 15 is 0 Å². The molecule has 2 atom stereocenters. The van der Waals surface area contributed by atoms with E-state index in [9.17, 15) is 10.1 Å². The molecule has 2 aromatic carbocycles. The molecular formula is C26H26N2O3. The molecule has 2 aromatic rings. The fraction of sp³-hybridized carbons (Fsp3) is 0.385. The Morgan fingerprint density at radius 3 is 2.42 bits per heavy atom. The van der Waals surface area contributed by atoms with E-state index in [0.717, 1.165) is 48.1 Å². The van der Waals surface area contributed by atoms with Crippen molar-refractivity contribution in [2.75, 3.05) is 0 Å². The second-order valence-corrected chi connectivity index (χ2v) is 9.55. The number of carbonyl (C=O) groups is 1. The molecule has 5 nitrogen and oxygen atoms in total. The van der Waals surface area contributed by atoms with Crippen molar-refractivity contribution in [2.24, 2.45) is 0 Å². The Morgan fingerprint density at radius 2 is 1.74 bits per heavy atom. The molecule has 3 heterocycles. The molecule has 5 heteroatoms. The molecule has 0 radical (unpaired) electrons. The lowest BCUT2D eigenvalue weighted by atomic mass is 9.83. The van der Waals surface area contributed by atoms with Crippen LogP contribution in [0.3, 0.4) is 0 Å². The lowest BCUT2D eigenvalue weighted by molar-refractivity contribution is 0.0115. The van der Waals surface area contributed by atoms with E-state index < -0.39 is 5.60 Å². The average Bonchev–Trinajstić information content (AvgIpc) is 3.00. The zero-order chi connectivity index (χ0) is 21.8. The summed E-state index contributed by atoms with van der Waals surface area (Å²) in [6.45, 7) is 5.73. The molecule has 31 heavy (non-hydrogen) atoms. The maximum atomic E-state index is 12.9. The number of hydrogen-bond donors (Lipinski definition) is 0. The van der Waals surface area contributed by atoms with Gasteiger partial charge in [0.15, 0.2) is 5.75 Å². The van der Waals surface area contributed by atoms with Crippen LogP contribution in [0.4, 0.5) is 4.79 Å². The van der Waals surface area contributed by atoms with Crippen molar-refractivity contribution >= 4 is 11.7 Å². The van der Waals surface area contributed by atoms with Crippen molar-refractivity contribution in [3.8, 4) is 17.6 Å². The largest absolute Gasteiger partial charge is 0.455 e. The van der Waals surface area contributed by atoms with Crippen LogP contribution in [-0.4, -0.2) is 28.7 Å². The minimum Gasteiger partial charge on any atom is -0.455 e. The molecule has 3 aliphatic rings. The number of hydrogen-bond acceptors (Lipinski definition) is 4. The number of piperidine rings is 1. The molecule has 2 saturated heterocycles. The Hall–Kier alpha value is -3.26. The molecule has 0 saturated carbocycles. The Labute approximate surface area is 182 Å². The van der Waals surface area contributed by atoms with Gasteiger partial charge >= 0.3 is 6.09 Å². The SMILES string of the molecule is CC(C)(C)OC(=O)N1[C@@H]2CC[C@H]1CC(=C1c3ccccc3Oc3c(C#N)cccc31)C2. The Kier molecular flexibility index (Phi) is 4.55. The van der Waals surface area contributed by atoms with Gasteiger partial charge in [-0.05, 0) is 64.2 Å². The van der Waals surface area contributed by atoms with Crippen molar-refractivity contribution < 1.29 is 14.3 Å². The molecular weight excluding hydrogens is 388 g/mol. The number of benzene rings is 2. The summed E-state index contributed by atoms with van der Waals surface area (Å²) in [7, 11) is 0. The van der Waals surface area contributed by atoms with Crippen molar-refractivity contribution in [3.05, 3.63) is 64.7 Å². The third kappa shape index (κ3) is 3.37. The maximum Gasteiger partial charge on any atom is 0.410 e. The van der Waals surface area contributed by atoms with Gasteiger partial charge in [-0.25, -0.2) is 4.79 Å². The summed E-state index contributed by atoms with van der Waals surface area (Å²) in [6, 6.07) is 16.3. The molecule has 1 amide bonds. The summed E-state index contributed by atoms with van der Waals surface area (Å²) in [5.74, 6) is 1.41. The number of nitrogens with zero attached hydrogens (tertiary/aromatic N) is 2. The van der Waals surface area contributed by atoms with Gasteiger partial charge in [-0.1, -0.05) is 35.9 Å². The molecule has 2 bridgehead atoms. The van der Waals surface area contributed by atoms with Gasteiger partial charge < -0.3 is 14.4 Å². The Balaban J connectivity index is 1.58. The molecule has 0 aliphatic carbocycles. The van der Waals surface area contributed by atoms with Crippen LogP contribution in [0.25, 0.3) is 5.57 Å². The number of para-hydroxylation sites is 2. The monoisotopic (exact) mass is 414 g/mol. The number of carbonyl (C=O) groups excluding carboxylic acids is 1. The minimum atomic E-state index is -0.498. The van der Waals surface area contributed by atoms with Crippen molar-refractivity contribution in [1.82, 2.24) is 4.90 Å². The number of fused-ring (bicyclic) bond motifs is 4. The standard InChI is InChI=1S/C26H26N2O3/c1-26(2,3)31-25(29)28-18-11-12-19(28)14-17(13-18)23-20-8-4-5-10-22(20)30-24-16(15-27)7-6-9-21(23)24/h4-10,18-19H,11-14H2,1-3H3/t18-,19+. The molecule has 158 valence electrons. The average molecular weight is 415 g/mol. The van der Waals surface area contributed by atoms with E-state index in [1.165, 1.54) is 5.57 Å². The smallest absolute Gasteiger partial charge is 0.410 e. The molecule has 0 aromatic heterocycles. The van der Waals surface area contributed by atoms with Gasteiger partial charge in [0.2, 0.25) is 0 Å². The molecule has 0 unspecified atom stereocenters. The van der Waals surface area contributed by atoms with Gasteiger partial charge in [-0.15, -0.1) is 0 Å². The highest BCUT2D eigenvalue weighted by Crippen LogP contribution is 2.50. The second kappa shape index (κ2) is 7.16. The van der Waals surface area contributed by atoms with Gasteiger partial charge in [-0.3, -0.25) is 0 Å². The van der Waals surface area contributed by atoms with E-state index in [4.69, 9.17) is 9.47 Å². The number of amides is 1. The predicted molar refractivity (Wildman–Crippen MR) is 118 cm³/mol. The van der Waals surface area contributed by atoms with Crippen LogP contribution in [-0.2, 0) is 4.74 Å². The first-order valence-corrected chi connectivity index (χ1v) is 10.9. The first-order valence-electron chi connectivity index (χ1n) is 10.9. The fourth-order valence-corrected chi connectivity index (χ4v) is 5.16. The van der Waals surface area contributed by atoms with E-state index in [0.29, 0.717) is 11.3 Å². The van der Waals surface area contributed by atoms with Gasteiger partial charge in [0.1, 0.15) is 17.4 Å². The quantitative estimate of drug-likeness (QED) is 0.451. The van der Waals surface area contributed by atoms with Gasteiger partial charge in [0.25, 0.3) is 0 Å². The topological polar surface area (TPSA) is 62.6 Å². The molecule has 0 N–H and O–H groups in total. The molecule has 0 spiro atoms. The zero-order valence-electron chi connectivity index (χ0n) is 18.1. The predicted octanol–water partition coefficient (Wildman–Crippen LogP) is 6.03. The van der Waals surface area contributed by atoms with E-state index in [-0.39, 0.29) is 18.2 Å². The summed E-state index contributed by atoms with van der Waals surface area (Å²) in [5.41, 5.74) is 4.57. The van der Waals surface area contributed by atoms with Gasteiger partial charge in [0.05, 0.1) is 5.56 Å². The van der Waals surface area contributed by atoms with Crippen LogP contribution < -0.4 is 4.74 Å². The van der Waals surface area contributed by atoms with Crippen LogP contribution in [0.1, 0.15) is 63.1 Å². The van der Waals surface area contributed by atoms with Gasteiger partial charge in [-0.2, -0.15) is 5.26 Å². The first kappa shape index (κ1) is 19.7.